The number of rotatable bonds is 3. The molecule has 0 bridgehead atoms. The highest BCUT2D eigenvalue weighted by atomic mass is 35.5. The minimum Gasteiger partial charge on any atom is -0.349 e. The van der Waals surface area contributed by atoms with Gasteiger partial charge in [0.25, 0.3) is 5.91 Å². The van der Waals surface area contributed by atoms with Crippen molar-refractivity contribution < 1.29 is 4.79 Å². The Morgan fingerprint density at radius 1 is 1.27 bits per heavy atom. The average Bonchev–Trinajstić information content (AvgIpc) is 3.00. The lowest BCUT2D eigenvalue weighted by molar-refractivity contribution is 0.0930. The van der Waals surface area contributed by atoms with Gasteiger partial charge in [0, 0.05) is 17.6 Å². The van der Waals surface area contributed by atoms with Crippen molar-refractivity contribution >= 4 is 28.8 Å². The Bertz CT molecular complexity index is 665. The lowest BCUT2D eigenvalue weighted by Crippen LogP contribution is -2.40. The lowest BCUT2D eigenvalue weighted by Gasteiger charge is -2.26. The fraction of sp³-hybridized carbons (Fsp3) is 0.375. The Morgan fingerprint density at radius 3 is 2.73 bits per heavy atom. The zero-order valence-electron chi connectivity index (χ0n) is 12.1. The Labute approximate surface area is 138 Å². The molecule has 0 radical (unpaired) electrons. The predicted octanol–water partition coefficient (Wildman–Crippen LogP) is 3.46. The second-order valence-electron chi connectivity index (χ2n) is 5.59. The summed E-state index contributed by atoms with van der Waals surface area (Å²) in [6, 6.07) is 8.02. The van der Waals surface area contributed by atoms with Crippen molar-refractivity contribution in [2.24, 2.45) is 5.73 Å². The minimum atomic E-state index is -0.0590. The van der Waals surface area contributed by atoms with E-state index in [1.807, 2.05) is 24.3 Å². The maximum absolute atomic E-state index is 12.3. The van der Waals surface area contributed by atoms with Gasteiger partial charge in [-0.15, -0.1) is 11.3 Å². The van der Waals surface area contributed by atoms with Gasteiger partial charge in [-0.25, -0.2) is 4.98 Å². The van der Waals surface area contributed by atoms with E-state index in [1.165, 1.54) is 11.3 Å². The van der Waals surface area contributed by atoms with Gasteiger partial charge in [0.1, 0.15) is 9.88 Å². The third kappa shape index (κ3) is 3.48. The summed E-state index contributed by atoms with van der Waals surface area (Å²) in [5, 5.41) is 4.49. The lowest BCUT2D eigenvalue weighted by atomic mass is 9.92. The summed E-state index contributed by atoms with van der Waals surface area (Å²) < 4.78 is 0. The largest absolute Gasteiger partial charge is 0.349 e. The van der Waals surface area contributed by atoms with Gasteiger partial charge >= 0.3 is 0 Å². The van der Waals surface area contributed by atoms with Crippen LogP contribution in [0.15, 0.2) is 30.5 Å². The molecule has 0 saturated heterocycles. The molecular formula is C16H18ClN3OS. The van der Waals surface area contributed by atoms with Crippen LogP contribution in [0.3, 0.4) is 0 Å². The summed E-state index contributed by atoms with van der Waals surface area (Å²) in [4.78, 5) is 17.3. The molecule has 2 aromatic rings. The molecule has 3 rings (SSSR count). The van der Waals surface area contributed by atoms with Crippen molar-refractivity contribution in [2.75, 3.05) is 0 Å². The summed E-state index contributed by atoms with van der Waals surface area (Å²) in [5.74, 6) is -0.0590. The number of thiazole rings is 1. The van der Waals surface area contributed by atoms with Gasteiger partial charge in [0.05, 0.1) is 11.2 Å². The van der Waals surface area contributed by atoms with Gasteiger partial charge in [-0.05, 0) is 31.7 Å². The zero-order valence-corrected chi connectivity index (χ0v) is 13.7. The highest BCUT2D eigenvalue weighted by Gasteiger charge is 2.21. The van der Waals surface area contributed by atoms with Crippen LogP contribution in [0, 0.1) is 0 Å². The van der Waals surface area contributed by atoms with Crippen LogP contribution in [0.25, 0.3) is 10.6 Å². The molecule has 0 aliphatic heterocycles. The molecule has 1 fully saturated rings. The molecule has 22 heavy (non-hydrogen) atoms. The second-order valence-corrected chi connectivity index (χ2v) is 7.03. The van der Waals surface area contributed by atoms with Crippen LogP contribution in [0.1, 0.15) is 35.4 Å². The number of hydrogen-bond donors (Lipinski definition) is 2. The average molecular weight is 336 g/mol. The topological polar surface area (TPSA) is 68.0 Å². The fourth-order valence-electron chi connectivity index (χ4n) is 2.66. The Hall–Kier alpha value is -1.43. The third-order valence-corrected chi connectivity index (χ3v) is 5.30. The third-order valence-electron chi connectivity index (χ3n) is 3.94. The van der Waals surface area contributed by atoms with E-state index >= 15 is 0 Å². The fourth-order valence-corrected chi connectivity index (χ4v) is 3.80. The molecule has 1 amide bonds. The summed E-state index contributed by atoms with van der Waals surface area (Å²) in [6.07, 6.45) is 5.45. The number of nitrogens with one attached hydrogen (secondary N) is 1. The van der Waals surface area contributed by atoms with E-state index in [2.05, 4.69) is 10.3 Å². The van der Waals surface area contributed by atoms with Gasteiger partial charge < -0.3 is 11.1 Å². The SMILES string of the molecule is NC1CCC(NC(=O)c2cnc(-c3ccccc3Cl)s2)CC1. The maximum atomic E-state index is 12.3. The number of benzene rings is 1. The maximum Gasteiger partial charge on any atom is 0.263 e. The summed E-state index contributed by atoms with van der Waals surface area (Å²) in [7, 11) is 0. The first-order valence-corrected chi connectivity index (χ1v) is 8.60. The number of nitrogens with zero attached hydrogens (tertiary/aromatic N) is 1. The molecule has 1 aromatic carbocycles. The monoisotopic (exact) mass is 335 g/mol. The van der Waals surface area contributed by atoms with Gasteiger partial charge in [0.2, 0.25) is 0 Å². The number of nitrogens with two attached hydrogens (primary N) is 1. The first-order valence-electron chi connectivity index (χ1n) is 7.40. The number of hydrogen-bond acceptors (Lipinski definition) is 4. The van der Waals surface area contributed by atoms with Gasteiger partial charge in [0.15, 0.2) is 0 Å². The van der Waals surface area contributed by atoms with Crippen LogP contribution in [0.2, 0.25) is 5.02 Å². The van der Waals surface area contributed by atoms with Crippen LogP contribution in [-0.4, -0.2) is 23.0 Å². The van der Waals surface area contributed by atoms with Crippen molar-refractivity contribution in [1.29, 1.82) is 0 Å². The quantitative estimate of drug-likeness (QED) is 0.902. The highest BCUT2D eigenvalue weighted by molar-refractivity contribution is 7.17. The minimum absolute atomic E-state index is 0.0590. The molecule has 0 spiro atoms. The van der Waals surface area contributed by atoms with E-state index in [4.69, 9.17) is 17.3 Å². The van der Waals surface area contributed by atoms with Gasteiger partial charge in [-0.1, -0.05) is 29.8 Å². The van der Waals surface area contributed by atoms with E-state index in [-0.39, 0.29) is 18.0 Å². The Morgan fingerprint density at radius 2 is 2.00 bits per heavy atom. The first kappa shape index (κ1) is 15.5. The number of carbonyl (C=O) groups excluding carboxylic acids is 1. The van der Waals surface area contributed by atoms with E-state index in [9.17, 15) is 4.79 Å². The number of amides is 1. The van der Waals surface area contributed by atoms with Crippen LogP contribution in [0.4, 0.5) is 0 Å². The number of carbonyl (C=O) groups is 1. The molecule has 1 heterocycles. The molecule has 3 N–H and O–H groups in total. The van der Waals surface area contributed by atoms with E-state index in [0.29, 0.717) is 9.90 Å². The van der Waals surface area contributed by atoms with Gasteiger partial charge in [-0.3, -0.25) is 4.79 Å². The van der Waals surface area contributed by atoms with Crippen molar-refractivity contribution in [1.82, 2.24) is 10.3 Å². The molecule has 4 nitrogen and oxygen atoms in total. The molecule has 116 valence electrons. The summed E-state index contributed by atoms with van der Waals surface area (Å²) in [6.45, 7) is 0. The molecular weight excluding hydrogens is 318 g/mol. The molecule has 1 saturated carbocycles. The normalized spacial score (nSPS) is 21.5. The standard InChI is InChI=1S/C16H18ClN3OS/c17-13-4-2-1-3-12(13)16-19-9-14(22-16)15(21)20-11-7-5-10(18)6-8-11/h1-4,9-11H,5-8,18H2,(H,20,21). The first-order chi connectivity index (χ1) is 10.6. The van der Waals surface area contributed by atoms with Crippen molar-refractivity contribution in [2.45, 2.75) is 37.8 Å². The van der Waals surface area contributed by atoms with E-state index in [1.54, 1.807) is 6.20 Å². The molecule has 1 aliphatic carbocycles. The van der Waals surface area contributed by atoms with Crippen LogP contribution < -0.4 is 11.1 Å². The molecule has 0 atom stereocenters. The Kier molecular flexibility index (Phi) is 4.76. The Balaban J connectivity index is 1.68. The van der Waals surface area contributed by atoms with Gasteiger partial charge in [-0.2, -0.15) is 0 Å². The van der Waals surface area contributed by atoms with Crippen molar-refractivity contribution in [3.8, 4) is 10.6 Å². The molecule has 0 unspecified atom stereocenters. The number of aromatic nitrogens is 1. The smallest absolute Gasteiger partial charge is 0.263 e. The van der Waals surface area contributed by atoms with Crippen molar-refractivity contribution in [3.05, 3.63) is 40.4 Å². The highest BCUT2D eigenvalue weighted by Crippen LogP contribution is 2.31. The summed E-state index contributed by atoms with van der Waals surface area (Å²) in [5.41, 5.74) is 6.75. The molecule has 1 aromatic heterocycles. The van der Waals surface area contributed by atoms with E-state index in [0.717, 1.165) is 36.3 Å². The van der Waals surface area contributed by atoms with Crippen LogP contribution in [-0.2, 0) is 0 Å². The summed E-state index contributed by atoms with van der Waals surface area (Å²) >= 11 is 7.54. The second kappa shape index (κ2) is 6.77. The van der Waals surface area contributed by atoms with E-state index < -0.39 is 0 Å². The molecule has 1 aliphatic rings. The molecule has 6 heteroatoms. The number of halogens is 1. The van der Waals surface area contributed by atoms with Crippen LogP contribution in [0.5, 0.6) is 0 Å². The predicted molar refractivity (Wildman–Crippen MR) is 90.3 cm³/mol. The van der Waals surface area contributed by atoms with Crippen LogP contribution >= 0.6 is 22.9 Å². The zero-order chi connectivity index (χ0) is 15.5. The van der Waals surface area contributed by atoms with Crippen molar-refractivity contribution in [3.63, 3.8) is 0 Å².